The Balaban J connectivity index is 2.14. The highest BCUT2D eigenvalue weighted by molar-refractivity contribution is 5.97. The van der Waals surface area contributed by atoms with Crippen LogP contribution >= 0.6 is 0 Å². The lowest BCUT2D eigenvalue weighted by molar-refractivity contribution is 0.0963. The summed E-state index contributed by atoms with van der Waals surface area (Å²) in [6.45, 7) is 0. The van der Waals surface area contributed by atoms with Gasteiger partial charge in [0.25, 0.3) is 5.91 Å². The summed E-state index contributed by atoms with van der Waals surface area (Å²) in [5, 5.41) is 2.60. The van der Waals surface area contributed by atoms with Crippen molar-refractivity contribution in [1.82, 2.24) is 5.32 Å². The highest BCUT2D eigenvalue weighted by atomic mass is 19.1. The lowest BCUT2D eigenvalue weighted by Gasteiger charge is -2.10. The Labute approximate surface area is 138 Å². The molecule has 0 saturated heterocycles. The summed E-state index contributed by atoms with van der Waals surface area (Å²) in [5.74, 6) is -0.859. The molecule has 120 valence electrons. The first-order valence-corrected chi connectivity index (χ1v) is 7.46. The van der Waals surface area contributed by atoms with Crippen LogP contribution in [-0.4, -0.2) is 13.0 Å². The summed E-state index contributed by atoms with van der Waals surface area (Å²) < 4.78 is 26.3. The van der Waals surface area contributed by atoms with Gasteiger partial charge in [-0.25, -0.2) is 8.78 Å². The van der Waals surface area contributed by atoms with Gasteiger partial charge in [0, 0.05) is 12.6 Å². The largest absolute Gasteiger partial charge is 0.355 e. The molecule has 0 aromatic heterocycles. The van der Waals surface area contributed by atoms with E-state index in [-0.39, 0.29) is 17.5 Å². The number of hydrogen-bond donors (Lipinski definition) is 1. The molecule has 0 radical (unpaired) electrons. The summed E-state index contributed by atoms with van der Waals surface area (Å²) >= 11 is 0. The molecule has 0 bridgehead atoms. The predicted molar refractivity (Wildman–Crippen MR) is 90.6 cm³/mol. The molecule has 2 nitrogen and oxygen atoms in total. The number of amides is 1. The van der Waals surface area contributed by atoms with Crippen molar-refractivity contribution in [2.24, 2.45) is 0 Å². The lowest BCUT2D eigenvalue weighted by Crippen LogP contribution is -2.17. The van der Waals surface area contributed by atoms with E-state index in [0.717, 1.165) is 22.3 Å². The van der Waals surface area contributed by atoms with Crippen LogP contribution in [0.1, 0.15) is 10.4 Å². The molecular formula is C20H15F2NO. The minimum atomic E-state index is -0.319. The van der Waals surface area contributed by atoms with Crippen molar-refractivity contribution in [3.8, 4) is 22.3 Å². The van der Waals surface area contributed by atoms with Crippen LogP contribution in [0, 0.1) is 11.6 Å². The van der Waals surface area contributed by atoms with E-state index in [0.29, 0.717) is 5.56 Å². The predicted octanol–water partition coefficient (Wildman–Crippen LogP) is 4.66. The number of hydrogen-bond acceptors (Lipinski definition) is 1. The first-order chi connectivity index (χ1) is 11.6. The molecule has 0 aliphatic carbocycles. The molecule has 1 amide bonds. The zero-order chi connectivity index (χ0) is 17.1. The Kier molecular flexibility index (Phi) is 4.38. The number of halogens is 2. The van der Waals surface area contributed by atoms with Crippen LogP contribution in [0.25, 0.3) is 22.3 Å². The average molecular weight is 323 g/mol. The molecule has 0 fully saturated rings. The van der Waals surface area contributed by atoms with Crippen LogP contribution in [0.3, 0.4) is 0 Å². The first-order valence-electron chi connectivity index (χ1n) is 7.46. The first kappa shape index (κ1) is 15.9. The van der Waals surface area contributed by atoms with Crippen LogP contribution in [0.5, 0.6) is 0 Å². The van der Waals surface area contributed by atoms with E-state index in [1.807, 2.05) is 6.07 Å². The van der Waals surface area contributed by atoms with E-state index in [1.165, 1.54) is 24.3 Å². The van der Waals surface area contributed by atoms with Gasteiger partial charge >= 0.3 is 0 Å². The minimum absolute atomic E-state index is 0.220. The zero-order valence-corrected chi connectivity index (χ0v) is 13.0. The quantitative estimate of drug-likeness (QED) is 0.746. The van der Waals surface area contributed by atoms with Crippen molar-refractivity contribution in [3.05, 3.63) is 83.9 Å². The number of carbonyl (C=O) groups is 1. The monoisotopic (exact) mass is 323 g/mol. The third kappa shape index (κ3) is 3.33. The fourth-order valence-electron chi connectivity index (χ4n) is 2.52. The van der Waals surface area contributed by atoms with Gasteiger partial charge in [-0.05, 0) is 64.7 Å². The summed E-state index contributed by atoms with van der Waals surface area (Å²) in [6, 6.07) is 17.5. The van der Waals surface area contributed by atoms with Gasteiger partial charge in [-0.3, -0.25) is 4.79 Å². The van der Waals surface area contributed by atoms with Gasteiger partial charge in [-0.15, -0.1) is 0 Å². The number of nitrogens with one attached hydrogen (secondary N) is 1. The normalized spacial score (nSPS) is 10.5. The number of carbonyl (C=O) groups excluding carboxylic acids is 1. The second-order valence-electron chi connectivity index (χ2n) is 5.39. The SMILES string of the molecule is CNC(=O)c1cc(-c2ccc(F)cc2)cc(-c2ccc(F)cc2)c1. The maximum atomic E-state index is 13.1. The van der Waals surface area contributed by atoms with Crippen molar-refractivity contribution in [2.45, 2.75) is 0 Å². The zero-order valence-electron chi connectivity index (χ0n) is 13.0. The van der Waals surface area contributed by atoms with Crippen LogP contribution in [0.4, 0.5) is 8.78 Å². The minimum Gasteiger partial charge on any atom is -0.355 e. The third-order valence-corrected chi connectivity index (χ3v) is 3.78. The van der Waals surface area contributed by atoms with E-state index >= 15 is 0 Å². The Hall–Kier alpha value is -3.01. The van der Waals surface area contributed by atoms with Crippen molar-refractivity contribution < 1.29 is 13.6 Å². The highest BCUT2D eigenvalue weighted by Crippen LogP contribution is 2.28. The molecule has 24 heavy (non-hydrogen) atoms. The Morgan fingerprint density at radius 3 is 1.50 bits per heavy atom. The van der Waals surface area contributed by atoms with Crippen LogP contribution in [-0.2, 0) is 0 Å². The Morgan fingerprint density at radius 1 is 0.708 bits per heavy atom. The molecule has 4 heteroatoms. The van der Waals surface area contributed by atoms with Crippen molar-refractivity contribution in [1.29, 1.82) is 0 Å². The molecule has 3 aromatic carbocycles. The Morgan fingerprint density at radius 2 is 1.12 bits per heavy atom. The van der Waals surface area contributed by atoms with Gasteiger partial charge in [0.15, 0.2) is 0 Å². The number of rotatable bonds is 3. The standard InChI is InChI=1S/C20H15F2NO/c1-23-20(24)17-11-15(13-2-6-18(21)7-3-13)10-16(12-17)14-4-8-19(22)9-5-14/h2-12H,1H3,(H,23,24). The lowest BCUT2D eigenvalue weighted by atomic mass is 9.96. The molecule has 0 saturated carbocycles. The van der Waals surface area contributed by atoms with Gasteiger partial charge < -0.3 is 5.32 Å². The summed E-state index contributed by atoms with van der Waals surface area (Å²) in [5.41, 5.74) is 3.65. The highest BCUT2D eigenvalue weighted by Gasteiger charge is 2.10. The smallest absolute Gasteiger partial charge is 0.251 e. The fourth-order valence-corrected chi connectivity index (χ4v) is 2.52. The number of benzene rings is 3. The second kappa shape index (κ2) is 6.62. The van der Waals surface area contributed by atoms with E-state index in [9.17, 15) is 13.6 Å². The van der Waals surface area contributed by atoms with Crippen LogP contribution in [0.2, 0.25) is 0 Å². The van der Waals surface area contributed by atoms with Crippen molar-refractivity contribution in [3.63, 3.8) is 0 Å². The van der Waals surface area contributed by atoms with Crippen molar-refractivity contribution >= 4 is 5.91 Å². The maximum Gasteiger partial charge on any atom is 0.251 e. The third-order valence-electron chi connectivity index (χ3n) is 3.78. The second-order valence-corrected chi connectivity index (χ2v) is 5.39. The molecular weight excluding hydrogens is 308 g/mol. The molecule has 0 atom stereocenters. The molecule has 0 spiro atoms. The molecule has 3 aromatic rings. The van der Waals surface area contributed by atoms with E-state index < -0.39 is 0 Å². The van der Waals surface area contributed by atoms with Crippen LogP contribution < -0.4 is 5.32 Å². The van der Waals surface area contributed by atoms with Gasteiger partial charge in [0.05, 0.1) is 0 Å². The van der Waals surface area contributed by atoms with E-state index in [1.54, 1.807) is 43.4 Å². The van der Waals surface area contributed by atoms with E-state index in [4.69, 9.17) is 0 Å². The van der Waals surface area contributed by atoms with Crippen LogP contribution in [0.15, 0.2) is 66.7 Å². The fraction of sp³-hybridized carbons (Fsp3) is 0.0500. The molecule has 0 aliphatic rings. The van der Waals surface area contributed by atoms with E-state index in [2.05, 4.69) is 5.32 Å². The summed E-state index contributed by atoms with van der Waals surface area (Å²) in [4.78, 5) is 12.1. The van der Waals surface area contributed by atoms with Crippen molar-refractivity contribution in [2.75, 3.05) is 7.05 Å². The maximum absolute atomic E-state index is 13.1. The summed E-state index contributed by atoms with van der Waals surface area (Å²) in [7, 11) is 1.56. The molecule has 0 unspecified atom stereocenters. The molecule has 1 N–H and O–H groups in total. The average Bonchev–Trinajstić information content (AvgIpc) is 2.62. The molecule has 3 rings (SSSR count). The summed E-state index contributed by atoms with van der Waals surface area (Å²) in [6.07, 6.45) is 0. The van der Waals surface area contributed by atoms with Gasteiger partial charge in [-0.2, -0.15) is 0 Å². The Bertz CT molecular complexity index is 807. The van der Waals surface area contributed by atoms with Gasteiger partial charge in [0.1, 0.15) is 11.6 Å². The molecule has 0 heterocycles. The topological polar surface area (TPSA) is 29.1 Å². The van der Waals surface area contributed by atoms with Gasteiger partial charge in [-0.1, -0.05) is 24.3 Å². The van der Waals surface area contributed by atoms with Gasteiger partial charge in [0.2, 0.25) is 0 Å². The molecule has 0 aliphatic heterocycles.